The van der Waals surface area contributed by atoms with Crippen LogP contribution >= 0.6 is 0 Å². The second-order valence-corrected chi connectivity index (χ2v) is 4.77. The first-order valence-corrected chi connectivity index (χ1v) is 6.14. The molecule has 1 unspecified atom stereocenters. The van der Waals surface area contributed by atoms with E-state index in [4.69, 9.17) is 10.5 Å². The highest BCUT2D eigenvalue weighted by Crippen LogP contribution is 2.04. The van der Waals surface area contributed by atoms with Gasteiger partial charge in [0.2, 0.25) is 11.8 Å². The summed E-state index contributed by atoms with van der Waals surface area (Å²) in [5, 5.41) is 2.65. The van der Waals surface area contributed by atoms with Crippen molar-refractivity contribution in [3.05, 3.63) is 0 Å². The molecule has 0 spiro atoms. The van der Waals surface area contributed by atoms with Crippen LogP contribution in [0.25, 0.3) is 0 Å². The van der Waals surface area contributed by atoms with Gasteiger partial charge in [0.15, 0.2) is 0 Å². The largest absolute Gasteiger partial charge is 0.383 e. The Balaban J connectivity index is 4.03. The van der Waals surface area contributed by atoms with Crippen molar-refractivity contribution >= 4 is 11.8 Å². The zero-order valence-electron chi connectivity index (χ0n) is 11.7. The van der Waals surface area contributed by atoms with Crippen LogP contribution in [0.15, 0.2) is 0 Å². The molecule has 0 aliphatic rings. The van der Waals surface area contributed by atoms with Crippen molar-refractivity contribution in [2.75, 3.05) is 33.9 Å². The van der Waals surface area contributed by atoms with Crippen molar-refractivity contribution < 1.29 is 14.3 Å². The molecule has 3 N–H and O–H groups in total. The van der Waals surface area contributed by atoms with Crippen LogP contribution in [0.1, 0.15) is 20.3 Å². The highest BCUT2D eigenvalue weighted by Gasteiger charge is 2.20. The third kappa shape index (κ3) is 7.24. The lowest BCUT2D eigenvalue weighted by molar-refractivity contribution is -0.136. The first-order valence-electron chi connectivity index (χ1n) is 6.14. The van der Waals surface area contributed by atoms with Crippen molar-refractivity contribution in [3.8, 4) is 0 Å². The molecule has 6 nitrogen and oxygen atoms in total. The second-order valence-electron chi connectivity index (χ2n) is 4.77. The SMILES string of the molecule is COCCNC(=O)CN(C)C(=O)C(N)CC(C)C. The van der Waals surface area contributed by atoms with Gasteiger partial charge < -0.3 is 20.7 Å². The number of amides is 2. The number of nitrogens with zero attached hydrogens (tertiary/aromatic N) is 1. The van der Waals surface area contributed by atoms with Gasteiger partial charge in [-0.15, -0.1) is 0 Å². The van der Waals surface area contributed by atoms with Crippen LogP contribution < -0.4 is 11.1 Å². The summed E-state index contributed by atoms with van der Waals surface area (Å²) in [6.45, 7) is 4.93. The van der Waals surface area contributed by atoms with E-state index < -0.39 is 6.04 Å². The molecule has 0 aromatic carbocycles. The molecule has 2 amide bonds. The number of likely N-dealkylation sites (N-methyl/N-ethyl adjacent to an activating group) is 1. The van der Waals surface area contributed by atoms with Crippen LogP contribution in [0.5, 0.6) is 0 Å². The lowest BCUT2D eigenvalue weighted by atomic mass is 10.0. The number of nitrogens with two attached hydrogens (primary N) is 1. The molecule has 106 valence electrons. The second kappa shape index (κ2) is 8.88. The van der Waals surface area contributed by atoms with Crippen LogP contribution in [-0.2, 0) is 14.3 Å². The third-order valence-electron chi connectivity index (χ3n) is 2.43. The van der Waals surface area contributed by atoms with Gasteiger partial charge >= 0.3 is 0 Å². The van der Waals surface area contributed by atoms with Gasteiger partial charge in [0, 0.05) is 20.7 Å². The molecule has 0 aliphatic carbocycles. The lowest BCUT2D eigenvalue weighted by Gasteiger charge is -2.21. The van der Waals surface area contributed by atoms with Crippen LogP contribution in [0.3, 0.4) is 0 Å². The fourth-order valence-corrected chi connectivity index (χ4v) is 1.53. The minimum Gasteiger partial charge on any atom is -0.383 e. The standard InChI is InChI=1S/C12H25N3O3/c1-9(2)7-10(13)12(17)15(3)8-11(16)14-5-6-18-4/h9-10H,5-8,13H2,1-4H3,(H,14,16). The Hall–Kier alpha value is -1.14. The minimum absolute atomic E-state index is 0.0222. The van der Waals surface area contributed by atoms with Gasteiger partial charge in [-0.3, -0.25) is 9.59 Å². The Morgan fingerprint density at radius 2 is 2.00 bits per heavy atom. The molecule has 0 saturated carbocycles. The summed E-state index contributed by atoms with van der Waals surface area (Å²) in [6, 6.07) is -0.540. The minimum atomic E-state index is -0.540. The molecule has 0 aromatic heterocycles. The normalized spacial score (nSPS) is 12.3. The van der Waals surface area contributed by atoms with Crippen molar-refractivity contribution in [1.29, 1.82) is 0 Å². The third-order valence-corrected chi connectivity index (χ3v) is 2.43. The van der Waals surface area contributed by atoms with Crippen LogP contribution in [0.4, 0.5) is 0 Å². The number of hydrogen-bond donors (Lipinski definition) is 2. The van der Waals surface area contributed by atoms with Gasteiger partial charge in [0.25, 0.3) is 0 Å². The molecule has 0 saturated heterocycles. The highest BCUT2D eigenvalue weighted by molar-refractivity contribution is 5.87. The number of rotatable bonds is 8. The van der Waals surface area contributed by atoms with E-state index in [2.05, 4.69) is 5.32 Å². The maximum atomic E-state index is 11.8. The number of carbonyl (C=O) groups is 2. The highest BCUT2D eigenvalue weighted by atomic mass is 16.5. The van der Waals surface area contributed by atoms with E-state index in [1.54, 1.807) is 14.2 Å². The Morgan fingerprint density at radius 3 is 2.50 bits per heavy atom. The van der Waals surface area contributed by atoms with Crippen LogP contribution in [0, 0.1) is 5.92 Å². The zero-order valence-corrected chi connectivity index (χ0v) is 11.7. The summed E-state index contributed by atoms with van der Waals surface area (Å²) in [6.07, 6.45) is 0.620. The maximum Gasteiger partial charge on any atom is 0.239 e. The molecule has 0 heterocycles. The van der Waals surface area contributed by atoms with Crippen LogP contribution in [0.2, 0.25) is 0 Å². The maximum absolute atomic E-state index is 11.8. The van der Waals surface area contributed by atoms with Crippen LogP contribution in [-0.4, -0.2) is 56.6 Å². The van der Waals surface area contributed by atoms with Gasteiger partial charge in [-0.2, -0.15) is 0 Å². The zero-order chi connectivity index (χ0) is 14.1. The van der Waals surface area contributed by atoms with Gasteiger partial charge in [-0.25, -0.2) is 0 Å². The first kappa shape index (κ1) is 16.9. The van der Waals surface area contributed by atoms with E-state index >= 15 is 0 Å². The van der Waals surface area contributed by atoms with Crippen molar-refractivity contribution in [2.45, 2.75) is 26.3 Å². The first-order chi connectivity index (χ1) is 8.38. The van der Waals surface area contributed by atoms with E-state index in [9.17, 15) is 9.59 Å². The number of nitrogens with one attached hydrogen (secondary N) is 1. The van der Waals surface area contributed by atoms with Crippen molar-refractivity contribution in [1.82, 2.24) is 10.2 Å². The average molecular weight is 259 g/mol. The number of carbonyl (C=O) groups excluding carboxylic acids is 2. The molecule has 0 fully saturated rings. The smallest absolute Gasteiger partial charge is 0.239 e. The Labute approximate surface area is 109 Å². The van der Waals surface area contributed by atoms with Crippen molar-refractivity contribution in [3.63, 3.8) is 0 Å². The fraction of sp³-hybridized carbons (Fsp3) is 0.833. The summed E-state index contributed by atoms with van der Waals surface area (Å²) >= 11 is 0. The van der Waals surface area contributed by atoms with E-state index in [0.29, 0.717) is 25.5 Å². The fourth-order valence-electron chi connectivity index (χ4n) is 1.53. The Kier molecular flexibility index (Phi) is 8.32. The number of ether oxygens (including phenoxy) is 1. The molecule has 18 heavy (non-hydrogen) atoms. The molecular formula is C12H25N3O3. The summed E-state index contributed by atoms with van der Waals surface area (Å²) in [5.74, 6) is -0.0573. The summed E-state index contributed by atoms with van der Waals surface area (Å²) in [7, 11) is 3.14. The van der Waals surface area contributed by atoms with Crippen molar-refractivity contribution in [2.24, 2.45) is 11.7 Å². The van der Waals surface area contributed by atoms with E-state index in [1.165, 1.54) is 4.90 Å². The lowest BCUT2D eigenvalue weighted by Crippen LogP contribution is -2.46. The topological polar surface area (TPSA) is 84.7 Å². The summed E-state index contributed by atoms with van der Waals surface area (Å²) < 4.78 is 4.81. The quantitative estimate of drug-likeness (QED) is 0.580. The van der Waals surface area contributed by atoms with Gasteiger partial charge in [0.05, 0.1) is 19.2 Å². The molecule has 0 rings (SSSR count). The predicted octanol–water partition coefficient (Wildman–Crippen LogP) is -0.419. The van der Waals surface area contributed by atoms with E-state index in [1.807, 2.05) is 13.8 Å². The molecule has 6 heteroatoms. The molecular weight excluding hydrogens is 234 g/mol. The summed E-state index contributed by atoms with van der Waals surface area (Å²) in [4.78, 5) is 24.7. The Bertz CT molecular complexity index is 269. The molecule has 0 radical (unpaired) electrons. The van der Waals surface area contributed by atoms with E-state index in [0.717, 1.165) is 0 Å². The average Bonchev–Trinajstić information content (AvgIpc) is 2.27. The van der Waals surface area contributed by atoms with Gasteiger partial charge in [0.1, 0.15) is 0 Å². The number of methoxy groups -OCH3 is 1. The van der Waals surface area contributed by atoms with Gasteiger partial charge in [-0.1, -0.05) is 13.8 Å². The molecule has 0 aromatic rings. The summed E-state index contributed by atoms with van der Waals surface area (Å²) in [5.41, 5.74) is 5.77. The number of hydrogen-bond acceptors (Lipinski definition) is 4. The van der Waals surface area contributed by atoms with Gasteiger partial charge in [-0.05, 0) is 12.3 Å². The predicted molar refractivity (Wildman–Crippen MR) is 70.0 cm³/mol. The van der Waals surface area contributed by atoms with E-state index in [-0.39, 0.29) is 18.4 Å². The molecule has 0 aliphatic heterocycles. The monoisotopic (exact) mass is 259 g/mol. The molecule has 0 bridgehead atoms. The Morgan fingerprint density at radius 1 is 1.39 bits per heavy atom. The molecule has 1 atom stereocenters.